The van der Waals surface area contributed by atoms with Crippen LogP contribution in [0.1, 0.15) is 16.1 Å². The van der Waals surface area contributed by atoms with E-state index < -0.39 is 90.1 Å². The topological polar surface area (TPSA) is 267 Å². The number of carbonyl (C=O) groups excluding carboxylic acids is 1. The van der Waals surface area contributed by atoms with Crippen molar-refractivity contribution in [1.82, 2.24) is 4.98 Å². The number of Topliss-reactive ketones (excluding diaryl/α,β-unsaturated/α-hetero) is 1. The summed E-state index contributed by atoms with van der Waals surface area (Å²) in [6.45, 7) is 0. The van der Waals surface area contributed by atoms with Crippen LogP contribution in [0.15, 0.2) is 48.8 Å². The van der Waals surface area contributed by atoms with Crippen molar-refractivity contribution in [2.75, 3.05) is 0 Å². The van der Waals surface area contributed by atoms with Gasteiger partial charge < -0.3 is 10.1 Å². The Hall–Kier alpha value is -2.92. The Balaban J connectivity index is 1.99. The number of aromatic hydroxyl groups is 1. The molecule has 3 aromatic rings. The van der Waals surface area contributed by atoms with E-state index in [4.69, 9.17) is 5.26 Å². The average molecular weight is 583 g/mol. The first-order valence-electron chi connectivity index (χ1n) is 8.81. The summed E-state index contributed by atoms with van der Waals surface area (Å²) in [6, 6.07) is 2.89. The summed E-state index contributed by atoms with van der Waals surface area (Å²) in [5.74, 6) is -1.99. The monoisotopic (exact) mass is 582 g/mol. The van der Waals surface area contributed by atoms with Crippen molar-refractivity contribution in [3.63, 3.8) is 0 Å². The van der Waals surface area contributed by atoms with Crippen LogP contribution in [-0.2, 0) is 39.7 Å². The molecule has 0 saturated carbocycles. The fourth-order valence-electron chi connectivity index (χ4n) is 3.38. The molecule has 6 N–H and O–H groups in total. The molecule has 2 heterocycles. The lowest BCUT2D eigenvalue weighted by atomic mass is 10.1. The molecule has 2 aromatic carbocycles. The van der Waals surface area contributed by atoms with Crippen LogP contribution in [0.5, 0.6) is 5.75 Å². The minimum absolute atomic E-state index is 0.160. The molecule has 0 unspecified atom stereocenters. The van der Waals surface area contributed by atoms with Crippen LogP contribution in [0.4, 0.5) is 5.69 Å². The Morgan fingerprint density at radius 1 is 0.889 bits per heavy atom. The molecule has 0 saturated heterocycles. The molecule has 36 heavy (non-hydrogen) atoms. The Labute approximate surface area is 204 Å². The van der Waals surface area contributed by atoms with Crippen molar-refractivity contribution in [1.29, 1.82) is 0 Å². The number of aromatic nitrogens is 1. The van der Waals surface area contributed by atoms with E-state index >= 15 is 0 Å². The van der Waals surface area contributed by atoms with Gasteiger partial charge in [0.15, 0.2) is 5.75 Å². The van der Waals surface area contributed by atoms with Gasteiger partial charge >= 0.3 is 0 Å². The third-order valence-corrected chi connectivity index (χ3v) is 7.93. The van der Waals surface area contributed by atoms with E-state index in [-0.39, 0.29) is 16.9 Å². The van der Waals surface area contributed by atoms with Crippen LogP contribution in [0.25, 0.3) is 10.9 Å². The molecule has 0 aliphatic carbocycles. The van der Waals surface area contributed by atoms with Gasteiger partial charge in [0.05, 0.1) is 33.7 Å². The van der Waals surface area contributed by atoms with Crippen LogP contribution >= 0.6 is 12.0 Å². The Kier molecular flexibility index (Phi) is 6.24. The minimum atomic E-state index is -5.15. The van der Waals surface area contributed by atoms with Crippen molar-refractivity contribution >= 4 is 70.5 Å². The van der Waals surface area contributed by atoms with Crippen molar-refractivity contribution in [2.45, 2.75) is 19.6 Å². The number of aromatic amines is 1. The number of H-pyrrole nitrogens is 1. The van der Waals surface area contributed by atoms with Gasteiger partial charge in [0, 0.05) is 10.3 Å². The van der Waals surface area contributed by atoms with Gasteiger partial charge in [-0.05, 0) is 24.3 Å². The highest BCUT2D eigenvalue weighted by atomic mass is 32.2. The van der Waals surface area contributed by atoms with E-state index in [1.165, 1.54) is 0 Å². The smallest absolute Gasteiger partial charge is 0.296 e. The lowest BCUT2D eigenvalue weighted by Crippen LogP contribution is -2.12. The highest BCUT2D eigenvalue weighted by molar-refractivity contribution is 7.94. The molecule has 1 aliphatic rings. The lowest BCUT2D eigenvalue weighted by molar-refractivity contribution is -0.432. The fraction of sp³-hybridized carbons (Fsp3) is 0. The van der Waals surface area contributed by atoms with Gasteiger partial charge in [-0.1, -0.05) is 5.04 Å². The second kappa shape index (κ2) is 8.58. The van der Waals surface area contributed by atoms with Crippen LogP contribution < -0.4 is 0 Å². The van der Waals surface area contributed by atoms with Crippen LogP contribution in [0.3, 0.4) is 0 Å². The molecule has 1 aromatic heterocycles. The number of rotatable bonds is 7. The van der Waals surface area contributed by atoms with Gasteiger partial charge in [0.2, 0.25) is 5.78 Å². The van der Waals surface area contributed by atoms with Gasteiger partial charge in [-0.3, -0.25) is 18.5 Å². The maximum atomic E-state index is 13.1. The molecule has 192 valence electrons. The molecule has 4 rings (SSSR count). The largest absolute Gasteiger partial charge is 0.505 e. The van der Waals surface area contributed by atoms with E-state index in [1.807, 2.05) is 0 Å². The van der Waals surface area contributed by atoms with Gasteiger partial charge in [-0.15, -0.1) is 4.33 Å². The summed E-state index contributed by atoms with van der Waals surface area (Å²) < 4.78 is 103. The zero-order chi connectivity index (χ0) is 26.8. The molecule has 16 nitrogen and oxygen atoms in total. The zero-order valence-electron chi connectivity index (χ0n) is 16.8. The third-order valence-electron chi connectivity index (χ3n) is 4.80. The molecule has 0 spiro atoms. The fourth-order valence-corrected chi connectivity index (χ4v) is 5.87. The first-order valence-corrected chi connectivity index (χ1v) is 13.9. The summed E-state index contributed by atoms with van der Waals surface area (Å²) in [6.07, 6.45) is 0. The number of carbonyl (C=O) groups is 1. The van der Waals surface area contributed by atoms with E-state index in [0.717, 1.165) is 12.1 Å². The first-order chi connectivity index (χ1) is 16.5. The molecule has 0 bridgehead atoms. The van der Waals surface area contributed by atoms with Crippen molar-refractivity contribution < 1.29 is 63.4 Å². The maximum Gasteiger partial charge on any atom is 0.296 e. The average Bonchev–Trinajstić information content (AvgIpc) is 3.26. The van der Waals surface area contributed by atoms with Gasteiger partial charge in [-0.25, -0.2) is 10.2 Å². The van der Waals surface area contributed by atoms with E-state index in [2.05, 4.69) is 19.3 Å². The molecular weight excluding hydrogens is 572 g/mol. The second-order valence-electron chi connectivity index (χ2n) is 6.95. The number of nitrogens with zero attached hydrogens (tertiary/aromatic N) is 1. The molecule has 0 fully saturated rings. The zero-order valence-corrected chi connectivity index (χ0v) is 20.1. The number of ketones is 1. The van der Waals surface area contributed by atoms with Gasteiger partial charge in [0.1, 0.15) is 21.2 Å². The van der Waals surface area contributed by atoms with Crippen molar-refractivity contribution in [2.24, 2.45) is 4.99 Å². The van der Waals surface area contributed by atoms with E-state index in [0.29, 0.717) is 12.1 Å². The number of aliphatic imine (C=N–C) groups is 1. The SMILES string of the molecule is O=C1C(c2[nH]c3c(S(=O)(=O)O)cc(S(=O)(=O)O)cc3c2O)=Nc2c1cc(SOOO)cc2S(=O)(=O)O. The van der Waals surface area contributed by atoms with Crippen LogP contribution in [0, 0.1) is 0 Å². The first kappa shape index (κ1) is 26.2. The minimum Gasteiger partial charge on any atom is -0.505 e. The Bertz CT molecular complexity index is 1820. The Morgan fingerprint density at radius 3 is 2.08 bits per heavy atom. The highest BCUT2D eigenvalue weighted by Gasteiger charge is 2.35. The second-order valence-corrected chi connectivity index (χ2v) is 11.9. The van der Waals surface area contributed by atoms with Gasteiger partial charge in [-0.2, -0.15) is 25.3 Å². The number of hydrogen-bond acceptors (Lipinski definition) is 13. The number of benzene rings is 2. The molecule has 0 atom stereocenters. The standard InChI is InChI=1S/C16H10N2O14S4/c19-15-7-1-5(33-32-31-21)2-9(35(25,26)27)11(7)17-13(15)14-16(20)8-3-6(34(22,23)24)4-10(12(8)18-14)36(28,29)30/h1-4,18,20-21H,(H,22,23,24)(H,25,26,27)(H,28,29,30). The summed E-state index contributed by atoms with van der Waals surface area (Å²) in [5, 5.41) is 21.8. The molecule has 1 aliphatic heterocycles. The van der Waals surface area contributed by atoms with Crippen molar-refractivity contribution in [3.8, 4) is 5.75 Å². The molecule has 0 amide bonds. The predicted molar refractivity (Wildman–Crippen MR) is 117 cm³/mol. The summed E-state index contributed by atoms with van der Waals surface area (Å²) in [4.78, 5) is 16.1. The predicted octanol–water partition coefficient (Wildman–Crippen LogP) is 1.36. The number of hydrogen-bond donors (Lipinski definition) is 6. The normalized spacial score (nSPS) is 14.3. The Morgan fingerprint density at radius 2 is 1.53 bits per heavy atom. The number of nitrogens with one attached hydrogen (secondary N) is 1. The number of fused-ring (bicyclic) bond motifs is 2. The van der Waals surface area contributed by atoms with E-state index in [1.54, 1.807) is 0 Å². The summed E-state index contributed by atoms with van der Waals surface area (Å²) in [5.41, 5.74) is -2.90. The maximum absolute atomic E-state index is 13.1. The van der Waals surface area contributed by atoms with Crippen molar-refractivity contribution in [3.05, 3.63) is 35.5 Å². The van der Waals surface area contributed by atoms with Crippen LogP contribution in [0.2, 0.25) is 0 Å². The summed E-state index contributed by atoms with van der Waals surface area (Å²) >= 11 is 0.248. The molecule has 0 radical (unpaired) electrons. The van der Waals surface area contributed by atoms with Gasteiger partial charge in [0.25, 0.3) is 30.4 Å². The molecule has 20 heteroatoms. The third kappa shape index (κ3) is 4.50. The molecular formula is C16H10N2O14S4. The van der Waals surface area contributed by atoms with Crippen LogP contribution in [-0.4, -0.2) is 65.8 Å². The lowest BCUT2D eigenvalue weighted by Gasteiger charge is -2.05. The highest BCUT2D eigenvalue weighted by Crippen LogP contribution is 2.42. The quantitative estimate of drug-likeness (QED) is 0.0993. The van der Waals surface area contributed by atoms with E-state index in [9.17, 15) is 48.8 Å². The summed E-state index contributed by atoms with van der Waals surface area (Å²) in [7, 11) is -15.2.